The Labute approximate surface area is 265 Å². The molecule has 3 aromatic carbocycles. The maximum Gasteiger partial charge on any atom is 0.312 e. The summed E-state index contributed by atoms with van der Waals surface area (Å²) in [5.74, 6) is 0.224. The van der Waals surface area contributed by atoms with Crippen molar-refractivity contribution in [3.63, 3.8) is 0 Å². The normalized spacial score (nSPS) is 16.3. The van der Waals surface area contributed by atoms with Crippen molar-refractivity contribution in [1.82, 2.24) is 24.9 Å². The molecule has 3 heterocycles. The number of aromatic nitrogens is 4. The first-order valence-electron chi connectivity index (χ1n) is 15.8. The maximum atomic E-state index is 13.3. The van der Waals surface area contributed by atoms with Crippen LogP contribution in [-0.2, 0) is 29.7 Å². The van der Waals surface area contributed by atoms with E-state index in [4.69, 9.17) is 14.5 Å². The zero-order chi connectivity index (χ0) is 32.0. The summed E-state index contributed by atoms with van der Waals surface area (Å²) in [6.45, 7) is 14.7. The van der Waals surface area contributed by atoms with Gasteiger partial charge in [0.25, 0.3) is 0 Å². The average Bonchev–Trinajstić information content (AvgIpc) is 3.30. The van der Waals surface area contributed by atoms with E-state index in [1.54, 1.807) is 4.68 Å². The number of pyridine rings is 1. The minimum Gasteiger partial charge on any atom is -0.473 e. The molecule has 5 aromatic rings. The van der Waals surface area contributed by atoms with Crippen molar-refractivity contribution in [2.75, 3.05) is 13.7 Å². The molecule has 2 atom stereocenters. The molecule has 234 valence electrons. The standard InChI is InChI=1S/C37H43N5O3/c1-9-29-21-42(20-28-18-26-16-22(2)10-14-31(26)38-35(28)45-29)19-27-17-25(12-11-23(27)3)33(37(5,6)36(43)44-8)30-13-15-32-34(24(30)4)39-40-41(32)7/h10-18,29,33H,9,19-21H2,1-8H3/t29-,33?/m1/s1. The number of methoxy groups -OCH3 is 1. The second kappa shape index (κ2) is 11.9. The highest BCUT2D eigenvalue weighted by atomic mass is 16.5. The van der Waals surface area contributed by atoms with E-state index in [2.05, 4.69) is 91.4 Å². The van der Waals surface area contributed by atoms with Crippen molar-refractivity contribution in [1.29, 1.82) is 0 Å². The minimum atomic E-state index is -0.838. The van der Waals surface area contributed by atoms with Gasteiger partial charge in [-0.2, -0.15) is 0 Å². The summed E-state index contributed by atoms with van der Waals surface area (Å²) in [6, 6.07) is 19.4. The van der Waals surface area contributed by atoms with Crippen LogP contribution in [0.5, 0.6) is 5.88 Å². The molecular weight excluding hydrogens is 562 g/mol. The molecule has 0 aliphatic carbocycles. The third kappa shape index (κ3) is 5.68. The average molecular weight is 606 g/mol. The van der Waals surface area contributed by atoms with Crippen molar-refractivity contribution >= 4 is 27.9 Å². The Kier molecular flexibility index (Phi) is 8.12. The van der Waals surface area contributed by atoms with E-state index >= 15 is 0 Å². The molecule has 1 aliphatic rings. The molecule has 0 saturated heterocycles. The first-order valence-corrected chi connectivity index (χ1v) is 15.8. The Morgan fingerprint density at radius 2 is 1.89 bits per heavy atom. The fourth-order valence-electron chi connectivity index (χ4n) is 6.87. The van der Waals surface area contributed by atoms with Crippen molar-refractivity contribution in [2.24, 2.45) is 12.5 Å². The van der Waals surface area contributed by atoms with Crippen molar-refractivity contribution in [2.45, 2.75) is 73.1 Å². The van der Waals surface area contributed by atoms with Crippen LogP contribution in [-0.4, -0.2) is 50.6 Å². The van der Waals surface area contributed by atoms with Crippen LogP contribution in [0.3, 0.4) is 0 Å². The monoisotopic (exact) mass is 605 g/mol. The smallest absolute Gasteiger partial charge is 0.312 e. The van der Waals surface area contributed by atoms with Crippen LogP contribution < -0.4 is 4.74 Å². The number of ether oxygens (including phenoxy) is 2. The number of rotatable bonds is 7. The lowest BCUT2D eigenvalue weighted by molar-refractivity contribution is -0.151. The van der Waals surface area contributed by atoms with Gasteiger partial charge in [0.15, 0.2) is 0 Å². The zero-order valence-electron chi connectivity index (χ0n) is 27.6. The molecular formula is C37H43N5O3. The number of benzene rings is 3. The predicted molar refractivity (Wildman–Crippen MR) is 177 cm³/mol. The molecule has 8 nitrogen and oxygen atoms in total. The van der Waals surface area contributed by atoms with Gasteiger partial charge in [0.2, 0.25) is 5.88 Å². The Bertz CT molecular complexity index is 1910. The molecule has 6 rings (SSSR count). The van der Waals surface area contributed by atoms with E-state index in [1.165, 1.54) is 23.8 Å². The van der Waals surface area contributed by atoms with E-state index in [-0.39, 0.29) is 18.0 Å². The minimum absolute atomic E-state index is 0.0394. The van der Waals surface area contributed by atoms with Crippen molar-refractivity contribution in [3.05, 3.63) is 93.5 Å². The summed E-state index contributed by atoms with van der Waals surface area (Å²) in [7, 11) is 3.36. The van der Waals surface area contributed by atoms with Gasteiger partial charge in [0.1, 0.15) is 11.6 Å². The molecule has 0 saturated carbocycles. The van der Waals surface area contributed by atoms with Crippen LogP contribution in [0.2, 0.25) is 0 Å². The summed E-state index contributed by atoms with van der Waals surface area (Å²) in [5, 5.41) is 9.83. The number of carbonyl (C=O) groups is 1. The van der Waals surface area contributed by atoms with Gasteiger partial charge in [-0.3, -0.25) is 9.69 Å². The lowest BCUT2D eigenvalue weighted by atomic mass is 9.69. The molecule has 0 radical (unpaired) electrons. The number of esters is 1. The Morgan fingerprint density at radius 1 is 1.09 bits per heavy atom. The van der Waals surface area contributed by atoms with Gasteiger partial charge in [-0.05, 0) is 93.1 Å². The van der Waals surface area contributed by atoms with Crippen LogP contribution in [0.15, 0.2) is 54.6 Å². The molecule has 0 N–H and O–H groups in total. The van der Waals surface area contributed by atoms with E-state index in [1.807, 2.05) is 27.0 Å². The van der Waals surface area contributed by atoms with Gasteiger partial charge >= 0.3 is 5.97 Å². The van der Waals surface area contributed by atoms with E-state index < -0.39 is 5.41 Å². The van der Waals surface area contributed by atoms with Crippen LogP contribution in [0.25, 0.3) is 21.9 Å². The summed E-state index contributed by atoms with van der Waals surface area (Å²) in [4.78, 5) is 20.7. The molecule has 45 heavy (non-hydrogen) atoms. The van der Waals surface area contributed by atoms with Gasteiger partial charge in [-0.25, -0.2) is 9.67 Å². The Balaban J connectivity index is 1.40. The third-order valence-electron chi connectivity index (χ3n) is 9.52. The summed E-state index contributed by atoms with van der Waals surface area (Å²) in [5.41, 5.74) is 9.81. The molecule has 1 aliphatic heterocycles. The van der Waals surface area contributed by atoms with E-state index in [0.717, 1.165) is 76.1 Å². The Morgan fingerprint density at radius 3 is 2.64 bits per heavy atom. The second-order valence-corrected chi connectivity index (χ2v) is 13.2. The highest BCUT2D eigenvalue weighted by Crippen LogP contribution is 2.44. The molecule has 0 bridgehead atoms. The topological polar surface area (TPSA) is 82.4 Å². The number of hydrogen-bond acceptors (Lipinski definition) is 7. The number of nitrogens with zero attached hydrogens (tertiary/aromatic N) is 5. The van der Waals surface area contributed by atoms with Crippen LogP contribution in [0, 0.1) is 26.2 Å². The molecule has 0 spiro atoms. The number of aryl methyl sites for hydroxylation is 4. The van der Waals surface area contributed by atoms with Gasteiger partial charge in [0.05, 0.1) is 23.6 Å². The van der Waals surface area contributed by atoms with Gasteiger partial charge < -0.3 is 9.47 Å². The van der Waals surface area contributed by atoms with Crippen molar-refractivity contribution < 1.29 is 14.3 Å². The number of hydrogen-bond donors (Lipinski definition) is 0. The summed E-state index contributed by atoms with van der Waals surface area (Å²) >= 11 is 0. The maximum absolute atomic E-state index is 13.3. The van der Waals surface area contributed by atoms with Crippen LogP contribution in [0.4, 0.5) is 0 Å². The lowest BCUT2D eigenvalue weighted by Crippen LogP contribution is -2.34. The quantitative estimate of drug-likeness (QED) is 0.186. The number of fused-ring (bicyclic) bond motifs is 3. The lowest BCUT2D eigenvalue weighted by Gasteiger charge is -2.34. The molecule has 1 unspecified atom stereocenters. The molecule has 2 aromatic heterocycles. The second-order valence-electron chi connectivity index (χ2n) is 13.2. The first kappa shape index (κ1) is 30.7. The molecule has 0 amide bonds. The highest BCUT2D eigenvalue weighted by Gasteiger charge is 2.41. The van der Waals surface area contributed by atoms with Crippen LogP contribution in [0.1, 0.15) is 72.1 Å². The SMILES string of the molecule is CC[C@@H]1CN(Cc2cc(C(c3ccc4c(nnn4C)c3C)C(C)(C)C(=O)OC)ccc2C)Cc2cc3cc(C)ccc3nc2O1. The van der Waals surface area contributed by atoms with Crippen LogP contribution >= 0.6 is 0 Å². The first-order chi connectivity index (χ1) is 21.5. The predicted octanol–water partition coefficient (Wildman–Crippen LogP) is 6.95. The van der Waals surface area contributed by atoms with Gasteiger partial charge in [-0.1, -0.05) is 48.0 Å². The summed E-state index contributed by atoms with van der Waals surface area (Å²) < 4.78 is 13.6. The van der Waals surface area contributed by atoms with E-state index in [9.17, 15) is 4.79 Å². The fraction of sp³-hybridized carbons (Fsp3) is 0.405. The fourth-order valence-corrected chi connectivity index (χ4v) is 6.87. The van der Waals surface area contributed by atoms with Gasteiger partial charge in [0, 0.05) is 43.5 Å². The third-order valence-corrected chi connectivity index (χ3v) is 9.52. The number of carbonyl (C=O) groups excluding carboxylic acids is 1. The van der Waals surface area contributed by atoms with E-state index in [0.29, 0.717) is 0 Å². The molecule has 0 fully saturated rings. The zero-order valence-corrected chi connectivity index (χ0v) is 27.6. The summed E-state index contributed by atoms with van der Waals surface area (Å²) in [6.07, 6.45) is 0.930. The highest BCUT2D eigenvalue weighted by molar-refractivity contribution is 5.83. The Hall–Kier alpha value is -4.30. The molecule has 8 heteroatoms. The largest absolute Gasteiger partial charge is 0.473 e. The van der Waals surface area contributed by atoms with Gasteiger partial charge in [-0.15, -0.1) is 5.10 Å². The van der Waals surface area contributed by atoms with Crippen molar-refractivity contribution in [3.8, 4) is 5.88 Å².